The maximum atomic E-state index is 11.9. The van der Waals surface area contributed by atoms with E-state index in [1.165, 1.54) is 17.7 Å². The van der Waals surface area contributed by atoms with Crippen LogP contribution < -0.4 is 5.32 Å². The second kappa shape index (κ2) is 5.00. The lowest BCUT2D eigenvalue weighted by Gasteiger charge is -2.26. The molecule has 0 unspecified atom stereocenters. The van der Waals surface area contributed by atoms with Gasteiger partial charge in [0.1, 0.15) is 0 Å². The lowest BCUT2D eigenvalue weighted by Crippen LogP contribution is -2.36. The van der Waals surface area contributed by atoms with Gasteiger partial charge in [-0.1, -0.05) is 6.92 Å². The van der Waals surface area contributed by atoms with Crippen molar-refractivity contribution in [3.05, 3.63) is 21.9 Å². The van der Waals surface area contributed by atoms with Crippen LogP contribution in [-0.4, -0.2) is 11.9 Å². The van der Waals surface area contributed by atoms with Gasteiger partial charge in [-0.2, -0.15) is 0 Å². The molecular formula is C13H19NOS. The summed E-state index contributed by atoms with van der Waals surface area (Å²) in [6.45, 7) is 4.32. The molecule has 16 heavy (non-hydrogen) atoms. The van der Waals surface area contributed by atoms with Crippen LogP contribution in [0.15, 0.2) is 12.1 Å². The molecule has 0 bridgehead atoms. The first kappa shape index (κ1) is 11.6. The standard InChI is InChI=1S/C13H19NOS/c1-9-3-6-11(7-4-9)14-13(15)12-8-5-10(2)16-12/h5,8-9,11H,3-4,6-7H2,1-2H3,(H,14,15). The number of rotatable bonds is 2. The summed E-state index contributed by atoms with van der Waals surface area (Å²) in [6, 6.07) is 4.31. The van der Waals surface area contributed by atoms with Crippen LogP contribution in [0.3, 0.4) is 0 Å². The van der Waals surface area contributed by atoms with Crippen molar-refractivity contribution in [3.8, 4) is 0 Å². The average Bonchev–Trinajstić information content (AvgIpc) is 2.68. The molecule has 2 nitrogen and oxygen atoms in total. The van der Waals surface area contributed by atoms with Crippen molar-refractivity contribution in [1.82, 2.24) is 5.32 Å². The topological polar surface area (TPSA) is 29.1 Å². The summed E-state index contributed by atoms with van der Waals surface area (Å²) in [5, 5.41) is 3.14. The fraction of sp³-hybridized carbons (Fsp3) is 0.615. The number of hydrogen-bond acceptors (Lipinski definition) is 2. The van der Waals surface area contributed by atoms with Crippen molar-refractivity contribution in [2.75, 3.05) is 0 Å². The van der Waals surface area contributed by atoms with Crippen molar-refractivity contribution < 1.29 is 4.79 Å². The SMILES string of the molecule is Cc1ccc(C(=O)NC2CCC(C)CC2)s1. The van der Waals surface area contributed by atoms with Crippen molar-refractivity contribution in [3.63, 3.8) is 0 Å². The van der Waals surface area contributed by atoms with Gasteiger partial charge in [0.25, 0.3) is 5.91 Å². The number of carbonyl (C=O) groups excluding carboxylic acids is 1. The van der Waals surface area contributed by atoms with Gasteiger partial charge in [-0.05, 0) is 50.7 Å². The van der Waals surface area contributed by atoms with Crippen LogP contribution in [0.1, 0.15) is 47.2 Å². The molecule has 1 amide bonds. The predicted octanol–water partition coefficient (Wildman–Crippen LogP) is 3.37. The summed E-state index contributed by atoms with van der Waals surface area (Å²) in [5.41, 5.74) is 0. The zero-order valence-corrected chi connectivity index (χ0v) is 10.8. The van der Waals surface area contributed by atoms with Crippen molar-refractivity contribution in [2.45, 2.75) is 45.6 Å². The van der Waals surface area contributed by atoms with E-state index in [2.05, 4.69) is 12.2 Å². The number of nitrogens with one attached hydrogen (secondary N) is 1. The van der Waals surface area contributed by atoms with Crippen LogP contribution in [-0.2, 0) is 0 Å². The highest BCUT2D eigenvalue weighted by atomic mass is 32.1. The Kier molecular flexibility index (Phi) is 3.64. The summed E-state index contributed by atoms with van der Waals surface area (Å²) in [7, 11) is 0. The molecule has 0 radical (unpaired) electrons. The lowest BCUT2D eigenvalue weighted by atomic mass is 9.87. The summed E-state index contributed by atoms with van der Waals surface area (Å²) in [6.07, 6.45) is 4.76. The van der Waals surface area contributed by atoms with E-state index in [4.69, 9.17) is 0 Å². The average molecular weight is 237 g/mol. The van der Waals surface area contributed by atoms with Gasteiger partial charge in [0.05, 0.1) is 4.88 Å². The van der Waals surface area contributed by atoms with Crippen LogP contribution in [0.25, 0.3) is 0 Å². The largest absolute Gasteiger partial charge is 0.349 e. The fourth-order valence-electron chi connectivity index (χ4n) is 2.22. The molecule has 0 atom stereocenters. The molecule has 1 N–H and O–H groups in total. The highest BCUT2D eigenvalue weighted by Crippen LogP contribution is 2.24. The Balaban J connectivity index is 1.88. The smallest absolute Gasteiger partial charge is 0.261 e. The molecule has 3 heteroatoms. The molecule has 0 spiro atoms. The Hall–Kier alpha value is -0.830. The molecule has 2 rings (SSSR count). The fourth-order valence-corrected chi connectivity index (χ4v) is 2.99. The summed E-state index contributed by atoms with van der Waals surface area (Å²) in [5.74, 6) is 0.940. The van der Waals surface area contributed by atoms with Gasteiger partial charge in [-0.15, -0.1) is 11.3 Å². The number of aryl methyl sites for hydroxylation is 1. The van der Waals surface area contributed by atoms with E-state index in [0.717, 1.165) is 23.6 Å². The highest BCUT2D eigenvalue weighted by molar-refractivity contribution is 7.13. The molecule has 1 aliphatic rings. The van der Waals surface area contributed by atoms with Crippen molar-refractivity contribution >= 4 is 17.2 Å². The van der Waals surface area contributed by atoms with E-state index in [0.29, 0.717) is 6.04 Å². The van der Waals surface area contributed by atoms with Gasteiger partial charge >= 0.3 is 0 Å². The molecule has 1 aromatic heterocycles. The second-order valence-electron chi connectivity index (χ2n) is 4.84. The van der Waals surface area contributed by atoms with Gasteiger partial charge in [0, 0.05) is 10.9 Å². The Labute approximate surface area is 101 Å². The minimum atomic E-state index is 0.109. The van der Waals surface area contributed by atoms with Gasteiger partial charge in [-0.25, -0.2) is 0 Å². The van der Waals surface area contributed by atoms with Crippen molar-refractivity contribution in [1.29, 1.82) is 0 Å². The molecule has 1 aliphatic carbocycles. The summed E-state index contributed by atoms with van der Waals surface area (Å²) in [4.78, 5) is 13.9. The van der Waals surface area contributed by atoms with E-state index in [1.54, 1.807) is 11.3 Å². The van der Waals surface area contributed by atoms with Gasteiger partial charge in [-0.3, -0.25) is 4.79 Å². The Morgan fingerprint density at radius 3 is 2.56 bits per heavy atom. The van der Waals surface area contributed by atoms with Gasteiger partial charge in [0.2, 0.25) is 0 Å². The number of carbonyl (C=O) groups is 1. The highest BCUT2D eigenvalue weighted by Gasteiger charge is 2.20. The molecule has 88 valence electrons. The molecule has 0 saturated heterocycles. The predicted molar refractivity (Wildman–Crippen MR) is 67.9 cm³/mol. The van der Waals surface area contributed by atoms with E-state index in [9.17, 15) is 4.79 Å². The first-order valence-corrected chi connectivity index (χ1v) is 6.84. The monoisotopic (exact) mass is 237 g/mol. The zero-order chi connectivity index (χ0) is 11.5. The zero-order valence-electron chi connectivity index (χ0n) is 9.95. The van der Waals surface area contributed by atoms with E-state index < -0.39 is 0 Å². The quantitative estimate of drug-likeness (QED) is 0.839. The second-order valence-corrected chi connectivity index (χ2v) is 6.13. The van der Waals surface area contributed by atoms with Crippen LogP contribution in [0.5, 0.6) is 0 Å². The molecule has 1 heterocycles. The van der Waals surface area contributed by atoms with Gasteiger partial charge < -0.3 is 5.32 Å². The Bertz CT molecular complexity index is 364. The van der Waals surface area contributed by atoms with Crippen molar-refractivity contribution in [2.24, 2.45) is 5.92 Å². The number of hydrogen-bond donors (Lipinski definition) is 1. The maximum Gasteiger partial charge on any atom is 0.261 e. The summed E-state index contributed by atoms with van der Waals surface area (Å²) >= 11 is 1.57. The van der Waals surface area contributed by atoms with Gasteiger partial charge in [0.15, 0.2) is 0 Å². The van der Waals surface area contributed by atoms with E-state index in [-0.39, 0.29) is 5.91 Å². The lowest BCUT2D eigenvalue weighted by molar-refractivity contribution is 0.0927. The van der Waals surface area contributed by atoms with Crippen LogP contribution in [0, 0.1) is 12.8 Å². The molecule has 1 fully saturated rings. The third-order valence-corrected chi connectivity index (χ3v) is 4.31. The Morgan fingerprint density at radius 2 is 2.00 bits per heavy atom. The van der Waals surface area contributed by atoms with Crippen LogP contribution in [0.2, 0.25) is 0 Å². The van der Waals surface area contributed by atoms with E-state index >= 15 is 0 Å². The first-order valence-electron chi connectivity index (χ1n) is 6.02. The summed E-state index contributed by atoms with van der Waals surface area (Å²) < 4.78 is 0. The molecule has 0 aromatic carbocycles. The van der Waals surface area contributed by atoms with Crippen LogP contribution >= 0.6 is 11.3 Å². The Morgan fingerprint density at radius 1 is 1.31 bits per heavy atom. The van der Waals surface area contributed by atoms with E-state index in [1.807, 2.05) is 19.1 Å². The minimum absolute atomic E-state index is 0.109. The number of thiophene rings is 1. The third kappa shape index (κ3) is 2.85. The molecule has 1 aromatic rings. The molecule has 0 aliphatic heterocycles. The molecule has 1 saturated carbocycles. The first-order chi connectivity index (χ1) is 7.65. The normalized spacial score (nSPS) is 25.4. The number of amides is 1. The minimum Gasteiger partial charge on any atom is -0.349 e. The maximum absolute atomic E-state index is 11.9. The molecular weight excluding hydrogens is 218 g/mol. The van der Waals surface area contributed by atoms with Crippen LogP contribution in [0.4, 0.5) is 0 Å². The third-order valence-electron chi connectivity index (χ3n) is 3.32.